The first kappa shape index (κ1) is 49.4. The lowest BCUT2D eigenvalue weighted by Gasteiger charge is -2.44. The average molecular weight is 1090 g/mol. The quantitative estimate of drug-likeness (QED) is 0.0915. The molecule has 4 fully saturated rings. The van der Waals surface area contributed by atoms with Crippen LogP contribution in [0, 0.1) is 5.92 Å². The van der Waals surface area contributed by atoms with Crippen LogP contribution in [0.4, 0.5) is 34.5 Å². The maximum Gasteiger partial charge on any atom is 0.262 e. The fourth-order valence-electron chi connectivity index (χ4n) is 11.3. The van der Waals surface area contributed by atoms with E-state index < -0.39 is 36.8 Å². The topological polar surface area (TPSA) is 216 Å². The van der Waals surface area contributed by atoms with Crippen LogP contribution in [0.5, 0.6) is 5.75 Å². The minimum Gasteiger partial charge on any atom is -0.494 e. The summed E-state index contributed by atoms with van der Waals surface area (Å²) in [7, 11) is 0.768. The van der Waals surface area contributed by atoms with Crippen LogP contribution in [0.15, 0.2) is 77.9 Å². The van der Waals surface area contributed by atoms with Crippen molar-refractivity contribution in [2.24, 2.45) is 13.0 Å². The number of piperazine rings is 1. The van der Waals surface area contributed by atoms with Crippen molar-refractivity contribution in [3.8, 4) is 16.9 Å². The average Bonchev–Trinajstić information content (AvgIpc) is 4.12. The van der Waals surface area contributed by atoms with Crippen LogP contribution in [0.2, 0.25) is 0 Å². The molecule has 2 atom stereocenters. The number of methoxy groups -OCH3 is 1. The summed E-state index contributed by atoms with van der Waals surface area (Å²) in [5.74, 6) is -0.0295. The van der Waals surface area contributed by atoms with Crippen molar-refractivity contribution in [2.45, 2.75) is 44.2 Å². The van der Waals surface area contributed by atoms with Gasteiger partial charge in [-0.05, 0) is 97.3 Å². The molecule has 74 heavy (non-hydrogen) atoms. The molecule has 3 N–H and O–H groups in total. The predicted octanol–water partition coefficient (Wildman–Crippen LogP) is 5.84. The third kappa shape index (κ3) is 9.73. The van der Waals surface area contributed by atoms with Crippen LogP contribution >= 0.6 is 23.1 Å². The number of imide groups is 2. The second-order valence-electron chi connectivity index (χ2n) is 20.2. The maximum absolute atomic E-state index is 13.6. The monoisotopic (exact) mass is 1080 g/mol. The Hall–Kier alpha value is -6.80. The summed E-state index contributed by atoms with van der Waals surface area (Å²) in [5, 5.41) is 14.2. The Morgan fingerprint density at radius 1 is 0.811 bits per heavy atom. The van der Waals surface area contributed by atoms with Crippen molar-refractivity contribution in [3.05, 3.63) is 89.0 Å². The minimum absolute atomic E-state index is 0.0900. The normalized spacial score (nSPS) is 20.1. The molecule has 3 aromatic carbocycles. The van der Waals surface area contributed by atoms with Gasteiger partial charge < -0.3 is 34.6 Å². The number of anilines is 6. The van der Waals surface area contributed by atoms with E-state index in [2.05, 4.69) is 83.7 Å². The van der Waals surface area contributed by atoms with E-state index in [0.29, 0.717) is 72.8 Å². The molecule has 0 radical (unpaired) electrons. The van der Waals surface area contributed by atoms with Crippen LogP contribution in [0.3, 0.4) is 0 Å². The molecular formula is C52H58BrN14O6P. The van der Waals surface area contributed by atoms with E-state index in [9.17, 15) is 23.7 Å². The summed E-state index contributed by atoms with van der Waals surface area (Å²) in [6, 6.07) is 12.8. The molecule has 4 saturated heterocycles. The molecule has 0 spiro atoms. The zero-order valence-corrected chi connectivity index (χ0v) is 44.2. The van der Waals surface area contributed by atoms with Gasteiger partial charge in [0.15, 0.2) is 0 Å². The summed E-state index contributed by atoms with van der Waals surface area (Å²) in [4.78, 5) is 80.5. The minimum atomic E-state index is -2.81. The van der Waals surface area contributed by atoms with E-state index in [1.165, 1.54) is 0 Å². The summed E-state index contributed by atoms with van der Waals surface area (Å²) in [5.41, 5.74) is 7.12. The van der Waals surface area contributed by atoms with Crippen LogP contribution in [-0.2, 0) is 21.2 Å². The standard InChI is InChI=1S/C52H58BrN14O6P/c1-62-30-32(26-57-62)36-24-41(59-52-56-27-38(53)48(61-52)58-40-8-7-39-46(55-15-14-54-39)47(40)74(3,4)72)44(73-2)25-43(36)65-17-12-33(13-18-65)64-21-19-63(20-22-64)28-31-11-16-66(29-31)34-5-6-35-37(23-34)51(71)67(50(35)70)42-9-10-45(68)60-49(42)69/h5-8,14-15,23-27,30-31,33,42H,9-13,16-22,28-29H2,1-4H3,(H,60,68,69)(H2,56,58,59,61). The Kier molecular flexibility index (Phi) is 13.5. The molecule has 8 heterocycles. The number of rotatable bonds is 13. The molecule has 22 heteroatoms. The number of ether oxygens (including phenoxy) is 1. The largest absolute Gasteiger partial charge is 0.494 e. The Labute approximate surface area is 436 Å². The van der Waals surface area contributed by atoms with Gasteiger partial charge in [-0.3, -0.25) is 48.9 Å². The second-order valence-corrected chi connectivity index (χ2v) is 24.2. The zero-order valence-electron chi connectivity index (χ0n) is 41.8. The van der Waals surface area contributed by atoms with Crippen LogP contribution < -0.4 is 35.8 Å². The molecule has 4 amide bonds. The highest BCUT2D eigenvalue weighted by atomic mass is 79.9. The Balaban J connectivity index is 0.715. The lowest BCUT2D eigenvalue weighted by Crippen LogP contribution is -2.54. The molecule has 20 nitrogen and oxygen atoms in total. The van der Waals surface area contributed by atoms with Crippen LogP contribution in [0.25, 0.3) is 22.2 Å². The number of benzene rings is 3. The predicted molar refractivity (Wildman–Crippen MR) is 287 cm³/mol. The first-order chi connectivity index (χ1) is 35.7. The van der Waals surface area contributed by atoms with Gasteiger partial charge in [0, 0.05) is 132 Å². The smallest absolute Gasteiger partial charge is 0.262 e. The van der Waals surface area contributed by atoms with E-state index in [1.54, 1.807) is 51.2 Å². The third-order valence-electron chi connectivity index (χ3n) is 15.0. The molecule has 11 rings (SSSR count). The SMILES string of the molecule is COc1cc(N2CCC(N3CCN(CC4CCN(c5ccc6c(c5)C(=O)N(C5CCC(=O)NC5=O)C6=O)C4)CC3)CC2)c(-c2cnn(C)c2)cc1Nc1ncc(Br)c(Nc2ccc3nccnc3c2P(C)(C)=O)n1. The number of piperidine rings is 2. The number of carbonyl (C=O) groups is 4. The van der Waals surface area contributed by atoms with Gasteiger partial charge in [0.2, 0.25) is 17.8 Å². The van der Waals surface area contributed by atoms with Gasteiger partial charge in [-0.15, -0.1) is 0 Å². The van der Waals surface area contributed by atoms with Crippen molar-refractivity contribution in [2.75, 3.05) is 99.8 Å². The molecule has 2 unspecified atom stereocenters. The van der Waals surface area contributed by atoms with E-state index >= 15 is 0 Å². The number of nitrogens with one attached hydrogen (secondary N) is 3. The summed E-state index contributed by atoms with van der Waals surface area (Å²) in [6.07, 6.45) is 12.1. The summed E-state index contributed by atoms with van der Waals surface area (Å²) >= 11 is 3.61. The van der Waals surface area contributed by atoms with Gasteiger partial charge in [0.1, 0.15) is 30.3 Å². The molecule has 6 aromatic rings. The highest BCUT2D eigenvalue weighted by molar-refractivity contribution is 9.10. The molecule has 5 aliphatic rings. The van der Waals surface area contributed by atoms with Gasteiger partial charge in [-0.1, -0.05) is 0 Å². The van der Waals surface area contributed by atoms with Crippen molar-refractivity contribution in [1.29, 1.82) is 0 Å². The number of carbonyl (C=O) groups excluding carboxylic acids is 4. The van der Waals surface area contributed by atoms with Gasteiger partial charge >= 0.3 is 0 Å². The van der Waals surface area contributed by atoms with E-state index in [0.717, 1.165) is 106 Å². The molecule has 0 bridgehead atoms. The van der Waals surface area contributed by atoms with Gasteiger partial charge in [0.05, 0.1) is 51.1 Å². The Morgan fingerprint density at radius 3 is 2.32 bits per heavy atom. The molecular weight excluding hydrogens is 1030 g/mol. The van der Waals surface area contributed by atoms with Crippen molar-refractivity contribution in [1.82, 2.24) is 49.7 Å². The summed E-state index contributed by atoms with van der Waals surface area (Å²) in [6.45, 7) is 12.0. The molecule has 3 aromatic heterocycles. The zero-order chi connectivity index (χ0) is 51.4. The number of fused-ring (bicyclic) bond motifs is 2. The van der Waals surface area contributed by atoms with Crippen molar-refractivity contribution in [3.63, 3.8) is 0 Å². The number of hydrogen-bond acceptors (Lipinski definition) is 17. The van der Waals surface area contributed by atoms with Crippen LogP contribution in [-0.4, -0.2) is 159 Å². The Bertz CT molecular complexity index is 3260. The number of halogens is 1. The van der Waals surface area contributed by atoms with Crippen molar-refractivity contribution >= 4 is 97.6 Å². The second kappa shape index (κ2) is 20.1. The van der Waals surface area contributed by atoms with Crippen molar-refractivity contribution < 1.29 is 28.5 Å². The fraction of sp³-hybridized carbons (Fsp3) is 0.404. The Morgan fingerprint density at radius 2 is 1.58 bits per heavy atom. The fourth-order valence-corrected chi connectivity index (χ4v) is 13.0. The highest BCUT2D eigenvalue weighted by Crippen LogP contribution is 2.44. The highest BCUT2D eigenvalue weighted by Gasteiger charge is 2.45. The first-order valence-corrected chi connectivity index (χ1v) is 28.5. The third-order valence-corrected chi connectivity index (χ3v) is 17.2. The van der Waals surface area contributed by atoms with E-state index in [4.69, 9.17) is 9.72 Å². The maximum atomic E-state index is 13.6. The van der Waals surface area contributed by atoms with Crippen LogP contribution in [0.1, 0.15) is 52.8 Å². The lowest BCUT2D eigenvalue weighted by molar-refractivity contribution is -0.136. The molecule has 0 saturated carbocycles. The van der Waals surface area contributed by atoms with E-state index in [1.807, 2.05) is 42.3 Å². The van der Waals surface area contributed by atoms with Gasteiger partial charge in [0.25, 0.3) is 11.8 Å². The summed E-state index contributed by atoms with van der Waals surface area (Å²) < 4.78 is 22.1. The number of amides is 4. The molecule has 384 valence electrons. The number of aryl methyl sites for hydroxylation is 1. The lowest BCUT2D eigenvalue weighted by atomic mass is 9.98. The van der Waals surface area contributed by atoms with Gasteiger partial charge in [-0.25, -0.2) is 4.98 Å². The first-order valence-electron chi connectivity index (χ1n) is 25.1. The number of nitrogens with zero attached hydrogens (tertiary/aromatic N) is 11. The number of aromatic nitrogens is 6. The molecule has 0 aliphatic carbocycles. The number of hydrogen-bond donors (Lipinski definition) is 3. The van der Waals surface area contributed by atoms with Gasteiger partial charge in [-0.2, -0.15) is 10.1 Å². The molecule has 5 aliphatic heterocycles. The van der Waals surface area contributed by atoms with E-state index in [-0.39, 0.29) is 12.8 Å².